The van der Waals surface area contributed by atoms with Crippen molar-refractivity contribution in [3.05, 3.63) is 23.3 Å². The molecule has 2 rings (SSSR count). The number of aryl methyl sites for hydroxylation is 1. The lowest BCUT2D eigenvalue weighted by molar-refractivity contribution is 0.0397. The molecule has 1 aliphatic rings. The normalized spacial score (nSPS) is 16.8. The summed E-state index contributed by atoms with van der Waals surface area (Å²) in [5, 5.41) is 8.91. The van der Waals surface area contributed by atoms with Gasteiger partial charge >= 0.3 is 5.97 Å². The van der Waals surface area contributed by atoms with Crippen LogP contribution in [0.3, 0.4) is 0 Å². The first kappa shape index (κ1) is 12.0. The molecule has 92 valence electrons. The van der Waals surface area contributed by atoms with Gasteiger partial charge in [0.1, 0.15) is 6.10 Å². The maximum atomic E-state index is 10.9. The zero-order valence-electron chi connectivity index (χ0n) is 10.0. The number of aromatic nitrogens is 2. The highest BCUT2D eigenvalue weighted by molar-refractivity contribution is 5.88. The van der Waals surface area contributed by atoms with Crippen molar-refractivity contribution in [2.24, 2.45) is 5.92 Å². The van der Waals surface area contributed by atoms with Crippen LogP contribution in [0.4, 0.5) is 0 Å². The molecule has 0 aliphatic heterocycles. The van der Waals surface area contributed by atoms with Crippen LogP contribution in [0.15, 0.2) is 6.20 Å². The van der Waals surface area contributed by atoms with Crippen LogP contribution in [-0.4, -0.2) is 27.7 Å². The van der Waals surface area contributed by atoms with Crippen molar-refractivity contribution in [3.63, 3.8) is 0 Å². The van der Waals surface area contributed by atoms with E-state index < -0.39 is 5.97 Å². The summed E-state index contributed by atoms with van der Waals surface area (Å²) in [6.07, 6.45) is 3.55. The molecule has 1 unspecified atom stereocenters. The molecule has 0 aromatic carbocycles. The Kier molecular flexibility index (Phi) is 3.38. The summed E-state index contributed by atoms with van der Waals surface area (Å²) in [6, 6.07) is 0. The average molecular weight is 236 g/mol. The number of ether oxygens (including phenoxy) is 1. The first-order valence-corrected chi connectivity index (χ1v) is 5.82. The summed E-state index contributed by atoms with van der Waals surface area (Å²) in [5.74, 6) is 0.107. The predicted molar refractivity (Wildman–Crippen MR) is 60.8 cm³/mol. The van der Waals surface area contributed by atoms with E-state index in [0.717, 1.165) is 12.8 Å². The third kappa shape index (κ3) is 2.61. The van der Waals surface area contributed by atoms with Crippen LogP contribution < -0.4 is 0 Å². The fraction of sp³-hybridized carbons (Fsp3) is 0.583. The van der Waals surface area contributed by atoms with Gasteiger partial charge in [-0.05, 0) is 32.6 Å². The highest BCUT2D eigenvalue weighted by atomic mass is 16.5. The SMILES string of the molecule is CCOC(c1ncc(C(=O)O)c(C)n1)C1CC1. The molecule has 1 atom stereocenters. The fourth-order valence-electron chi connectivity index (χ4n) is 1.83. The van der Waals surface area contributed by atoms with E-state index in [1.165, 1.54) is 6.20 Å². The van der Waals surface area contributed by atoms with E-state index in [1.54, 1.807) is 6.92 Å². The van der Waals surface area contributed by atoms with Crippen molar-refractivity contribution in [2.45, 2.75) is 32.8 Å². The van der Waals surface area contributed by atoms with Gasteiger partial charge in [-0.15, -0.1) is 0 Å². The highest BCUT2D eigenvalue weighted by Gasteiger charge is 2.35. The van der Waals surface area contributed by atoms with Crippen molar-refractivity contribution in [2.75, 3.05) is 6.61 Å². The molecule has 5 heteroatoms. The van der Waals surface area contributed by atoms with Gasteiger partial charge in [0.25, 0.3) is 0 Å². The molecule has 1 aliphatic carbocycles. The quantitative estimate of drug-likeness (QED) is 0.846. The zero-order valence-corrected chi connectivity index (χ0v) is 10.0. The van der Waals surface area contributed by atoms with Crippen LogP contribution >= 0.6 is 0 Å². The largest absolute Gasteiger partial charge is 0.478 e. The lowest BCUT2D eigenvalue weighted by atomic mass is 10.2. The molecule has 1 aromatic heterocycles. The molecule has 0 spiro atoms. The van der Waals surface area contributed by atoms with E-state index >= 15 is 0 Å². The van der Waals surface area contributed by atoms with Gasteiger partial charge < -0.3 is 9.84 Å². The minimum atomic E-state index is -0.992. The van der Waals surface area contributed by atoms with Gasteiger partial charge in [-0.25, -0.2) is 14.8 Å². The molecule has 1 heterocycles. The van der Waals surface area contributed by atoms with E-state index in [1.807, 2.05) is 6.92 Å². The molecule has 17 heavy (non-hydrogen) atoms. The van der Waals surface area contributed by atoms with Crippen molar-refractivity contribution >= 4 is 5.97 Å². The summed E-state index contributed by atoms with van der Waals surface area (Å²) in [4.78, 5) is 19.2. The van der Waals surface area contributed by atoms with E-state index in [0.29, 0.717) is 24.0 Å². The van der Waals surface area contributed by atoms with Crippen molar-refractivity contribution < 1.29 is 14.6 Å². The summed E-state index contributed by atoms with van der Waals surface area (Å²) in [5.41, 5.74) is 0.646. The van der Waals surface area contributed by atoms with E-state index in [-0.39, 0.29) is 11.7 Å². The van der Waals surface area contributed by atoms with Gasteiger partial charge in [0, 0.05) is 12.8 Å². The minimum Gasteiger partial charge on any atom is -0.478 e. The Labute approximate surface area is 99.9 Å². The van der Waals surface area contributed by atoms with E-state index in [4.69, 9.17) is 9.84 Å². The summed E-state index contributed by atoms with van der Waals surface area (Å²) in [7, 11) is 0. The van der Waals surface area contributed by atoms with Crippen LogP contribution in [0.5, 0.6) is 0 Å². The van der Waals surface area contributed by atoms with Crippen LogP contribution in [0.1, 0.15) is 47.7 Å². The topological polar surface area (TPSA) is 72.3 Å². The maximum Gasteiger partial charge on any atom is 0.339 e. The smallest absolute Gasteiger partial charge is 0.339 e. The molecule has 0 radical (unpaired) electrons. The van der Waals surface area contributed by atoms with E-state index in [2.05, 4.69) is 9.97 Å². The van der Waals surface area contributed by atoms with Crippen molar-refractivity contribution in [1.29, 1.82) is 0 Å². The Morgan fingerprint density at radius 3 is 2.82 bits per heavy atom. The second-order valence-corrected chi connectivity index (χ2v) is 4.25. The molecule has 5 nitrogen and oxygen atoms in total. The highest BCUT2D eigenvalue weighted by Crippen LogP contribution is 2.42. The standard InChI is InChI=1S/C12H16N2O3/c1-3-17-10(8-4-5-8)11-13-6-9(12(15)16)7(2)14-11/h6,8,10H,3-5H2,1-2H3,(H,15,16). The Balaban J connectivity index is 2.25. The van der Waals surface area contributed by atoms with Gasteiger partial charge in [0.05, 0.1) is 11.3 Å². The van der Waals surface area contributed by atoms with Gasteiger partial charge in [-0.3, -0.25) is 0 Å². The summed E-state index contributed by atoms with van der Waals surface area (Å²) < 4.78 is 5.63. The maximum absolute atomic E-state index is 10.9. The zero-order chi connectivity index (χ0) is 12.4. The number of aromatic carboxylic acids is 1. The Morgan fingerprint density at radius 2 is 2.35 bits per heavy atom. The first-order chi connectivity index (χ1) is 8.13. The molecule has 0 saturated heterocycles. The Morgan fingerprint density at radius 1 is 1.65 bits per heavy atom. The fourth-order valence-corrected chi connectivity index (χ4v) is 1.83. The molecular formula is C12H16N2O3. The Hall–Kier alpha value is -1.49. The molecule has 1 fully saturated rings. The lowest BCUT2D eigenvalue weighted by Crippen LogP contribution is -2.13. The number of rotatable bonds is 5. The molecule has 1 N–H and O–H groups in total. The first-order valence-electron chi connectivity index (χ1n) is 5.82. The lowest BCUT2D eigenvalue weighted by Gasteiger charge is -2.15. The van der Waals surface area contributed by atoms with Crippen LogP contribution in [-0.2, 0) is 4.74 Å². The number of carboxylic acid groups (broad SMARTS) is 1. The van der Waals surface area contributed by atoms with Gasteiger partial charge in [-0.1, -0.05) is 0 Å². The summed E-state index contributed by atoms with van der Waals surface area (Å²) in [6.45, 7) is 4.24. The molecule has 1 saturated carbocycles. The Bertz CT molecular complexity index is 430. The van der Waals surface area contributed by atoms with Gasteiger partial charge in [0.2, 0.25) is 0 Å². The molecular weight excluding hydrogens is 220 g/mol. The molecule has 0 bridgehead atoms. The van der Waals surface area contributed by atoms with Crippen LogP contribution in [0.2, 0.25) is 0 Å². The number of carbonyl (C=O) groups is 1. The van der Waals surface area contributed by atoms with E-state index in [9.17, 15) is 4.79 Å². The minimum absolute atomic E-state index is 0.0819. The number of hydrogen-bond donors (Lipinski definition) is 1. The third-order valence-corrected chi connectivity index (χ3v) is 2.88. The number of nitrogens with zero attached hydrogens (tertiary/aromatic N) is 2. The summed E-state index contributed by atoms with van der Waals surface area (Å²) >= 11 is 0. The van der Waals surface area contributed by atoms with Gasteiger partial charge in [-0.2, -0.15) is 0 Å². The van der Waals surface area contributed by atoms with Crippen LogP contribution in [0.25, 0.3) is 0 Å². The number of hydrogen-bond acceptors (Lipinski definition) is 4. The monoisotopic (exact) mass is 236 g/mol. The predicted octanol–water partition coefficient (Wildman–Crippen LogP) is 1.97. The molecule has 1 aromatic rings. The van der Waals surface area contributed by atoms with Crippen molar-refractivity contribution in [3.8, 4) is 0 Å². The van der Waals surface area contributed by atoms with Crippen LogP contribution in [0, 0.1) is 12.8 Å². The second-order valence-electron chi connectivity index (χ2n) is 4.25. The third-order valence-electron chi connectivity index (χ3n) is 2.88. The number of carboxylic acids is 1. The van der Waals surface area contributed by atoms with Gasteiger partial charge in [0.15, 0.2) is 5.82 Å². The second kappa shape index (κ2) is 4.79. The molecule has 0 amide bonds. The van der Waals surface area contributed by atoms with Crippen molar-refractivity contribution in [1.82, 2.24) is 9.97 Å². The average Bonchev–Trinajstić information content (AvgIpc) is 3.09.